The van der Waals surface area contributed by atoms with Crippen molar-refractivity contribution >= 4 is 11.7 Å². The molecule has 4 rings (SSSR count). The van der Waals surface area contributed by atoms with Gasteiger partial charge in [0, 0.05) is 44.3 Å². The topological polar surface area (TPSA) is 69.5 Å². The highest BCUT2D eigenvalue weighted by atomic mass is 19.1. The smallest absolute Gasteiger partial charge is 0.225 e. The van der Waals surface area contributed by atoms with Crippen LogP contribution in [0, 0.1) is 17.1 Å². The molecular weight excluding hydrogens is 395 g/mol. The molecular formula is C24H27FN4O2. The van der Waals surface area contributed by atoms with Gasteiger partial charge in [0.1, 0.15) is 17.7 Å². The number of hydrogen-bond acceptors (Lipinski definition) is 5. The molecule has 2 aliphatic rings. The first-order valence-electron chi connectivity index (χ1n) is 10.8. The number of benzene rings is 1. The normalized spacial score (nSPS) is 18.7. The average molecular weight is 423 g/mol. The molecule has 1 aromatic carbocycles. The van der Waals surface area contributed by atoms with E-state index in [2.05, 4.69) is 11.0 Å². The number of carbonyl (C=O) groups excluding carboxylic acids is 1. The minimum Gasteiger partial charge on any atom is -0.384 e. The lowest BCUT2D eigenvalue weighted by Crippen LogP contribution is -2.54. The summed E-state index contributed by atoms with van der Waals surface area (Å²) in [4.78, 5) is 21.4. The van der Waals surface area contributed by atoms with Crippen molar-refractivity contribution in [1.29, 1.82) is 5.26 Å². The van der Waals surface area contributed by atoms with Crippen molar-refractivity contribution in [1.82, 2.24) is 9.88 Å². The fourth-order valence-corrected chi connectivity index (χ4v) is 4.25. The lowest BCUT2D eigenvalue weighted by atomic mass is 9.99. The van der Waals surface area contributed by atoms with Crippen LogP contribution in [0.25, 0.3) is 11.1 Å². The number of nitrogens with zero attached hydrogens (tertiary/aromatic N) is 4. The van der Waals surface area contributed by atoms with Gasteiger partial charge in [-0.2, -0.15) is 5.26 Å². The van der Waals surface area contributed by atoms with Crippen LogP contribution in [0.15, 0.2) is 30.3 Å². The first-order valence-corrected chi connectivity index (χ1v) is 10.8. The van der Waals surface area contributed by atoms with E-state index in [9.17, 15) is 14.4 Å². The third kappa shape index (κ3) is 4.54. The molecule has 1 atom stereocenters. The molecule has 1 amide bonds. The summed E-state index contributed by atoms with van der Waals surface area (Å²) >= 11 is 0. The minimum atomic E-state index is -0.301. The Labute approximate surface area is 182 Å². The van der Waals surface area contributed by atoms with Gasteiger partial charge in [-0.15, -0.1) is 0 Å². The number of ether oxygens (including phenoxy) is 1. The van der Waals surface area contributed by atoms with Crippen LogP contribution in [-0.4, -0.2) is 55.2 Å². The molecule has 0 N–H and O–H groups in total. The highest BCUT2D eigenvalue weighted by molar-refractivity contribution is 5.77. The third-order valence-electron chi connectivity index (χ3n) is 6.02. The second-order valence-electron chi connectivity index (χ2n) is 8.31. The largest absolute Gasteiger partial charge is 0.384 e. The molecule has 1 aliphatic heterocycles. The van der Waals surface area contributed by atoms with E-state index < -0.39 is 0 Å². The van der Waals surface area contributed by atoms with Crippen molar-refractivity contribution in [3.8, 4) is 17.2 Å². The molecule has 0 spiro atoms. The third-order valence-corrected chi connectivity index (χ3v) is 6.02. The Morgan fingerprint density at radius 3 is 2.77 bits per heavy atom. The molecule has 2 heterocycles. The molecule has 1 aromatic heterocycles. The number of pyridine rings is 1. The van der Waals surface area contributed by atoms with Crippen molar-refractivity contribution in [2.24, 2.45) is 0 Å². The van der Waals surface area contributed by atoms with Crippen molar-refractivity contribution in [2.45, 2.75) is 38.1 Å². The van der Waals surface area contributed by atoms with E-state index in [1.54, 1.807) is 13.2 Å². The summed E-state index contributed by atoms with van der Waals surface area (Å²) in [5.41, 5.74) is 3.00. The van der Waals surface area contributed by atoms with Crippen molar-refractivity contribution in [2.75, 3.05) is 38.3 Å². The average Bonchev–Trinajstić information content (AvgIpc) is 3.62. The maximum Gasteiger partial charge on any atom is 0.225 e. The molecule has 1 saturated carbocycles. The van der Waals surface area contributed by atoms with Gasteiger partial charge in [0.25, 0.3) is 0 Å². The van der Waals surface area contributed by atoms with E-state index in [1.165, 1.54) is 12.1 Å². The summed E-state index contributed by atoms with van der Waals surface area (Å²) in [5.74, 6) is 0.798. The minimum absolute atomic E-state index is 0.0127. The van der Waals surface area contributed by atoms with E-state index in [-0.39, 0.29) is 17.8 Å². The number of amides is 1. The number of anilines is 1. The summed E-state index contributed by atoms with van der Waals surface area (Å²) < 4.78 is 18.9. The molecule has 2 fully saturated rings. The highest BCUT2D eigenvalue weighted by Gasteiger charge is 2.33. The predicted molar refractivity (Wildman–Crippen MR) is 116 cm³/mol. The summed E-state index contributed by atoms with van der Waals surface area (Å²) in [7, 11) is 1.59. The van der Waals surface area contributed by atoms with Crippen LogP contribution in [0.1, 0.15) is 43.4 Å². The summed E-state index contributed by atoms with van der Waals surface area (Å²) in [5, 5.41) is 9.85. The molecule has 6 nitrogen and oxygen atoms in total. The van der Waals surface area contributed by atoms with Crippen LogP contribution in [0.2, 0.25) is 0 Å². The Hall–Kier alpha value is -2.98. The summed E-state index contributed by atoms with van der Waals surface area (Å²) in [6.45, 7) is 4.25. The van der Waals surface area contributed by atoms with Gasteiger partial charge in [-0.3, -0.25) is 4.79 Å². The lowest BCUT2D eigenvalue weighted by Gasteiger charge is -2.41. The van der Waals surface area contributed by atoms with Gasteiger partial charge in [-0.1, -0.05) is 12.1 Å². The highest BCUT2D eigenvalue weighted by Crippen LogP contribution is 2.45. The number of carbonyl (C=O) groups is 1. The Balaban J connectivity index is 1.63. The predicted octanol–water partition coefficient (Wildman–Crippen LogP) is 3.71. The van der Waals surface area contributed by atoms with Gasteiger partial charge in [0.2, 0.25) is 5.91 Å². The van der Waals surface area contributed by atoms with Crippen molar-refractivity contribution < 1.29 is 13.9 Å². The van der Waals surface area contributed by atoms with E-state index in [0.717, 1.165) is 29.7 Å². The number of rotatable bonds is 6. The van der Waals surface area contributed by atoms with E-state index in [4.69, 9.17) is 9.72 Å². The second-order valence-corrected chi connectivity index (χ2v) is 8.31. The van der Waals surface area contributed by atoms with Crippen LogP contribution in [0.4, 0.5) is 10.2 Å². The van der Waals surface area contributed by atoms with E-state index in [1.807, 2.05) is 24.0 Å². The van der Waals surface area contributed by atoms with Gasteiger partial charge >= 0.3 is 0 Å². The molecule has 2 aromatic rings. The van der Waals surface area contributed by atoms with Crippen LogP contribution in [0.3, 0.4) is 0 Å². The SMILES string of the molecule is COCCC(=O)N1CCN(c2nc(C3CC3)c(-c3cccc(F)c3)cc2C#N)CC1C. The van der Waals surface area contributed by atoms with Gasteiger partial charge < -0.3 is 14.5 Å². The zero-order valence-corrected chi connectivity index (χ0v) is 18.0. The van der Waals surface area contributed by atoms with Crippen LogP contribution in [-0.2, 0) is 9.53 Å². The molecule has 1 aliphatic carbocycles. The Morgan fingerprint density at radius 2 is 2.13 bits per heavy atom. The lowest BCUT2D eigenvalue weighted by molar-refractivity contribution is -0.134. The van der Waals surface area contributed by atoms with Crippen molar-refractivity contribution in [3.05, 3.63) is 47.4 Å². The number of nitriles is 1. The number of hydrogen-bond donors (Lipinski definition) is 0. The van der Waals surface area contributed by atoms with Gasteiger partial charge in [-0.25, -0.2) is 9.37 Å². The zero-order valence-electron chi connectivity index (χ0n) is 18.0. The van der Waals surface area contributed by atoms with Crippen LogP contribution in [0.5, 0.6) is 0 Å². The molecule has 31 heavy (non-hydrogen) atoms. The Bertz CT molecular complexity index is 1020. The standard InChI is InChI=1S/C24H27FN4O2/c1-16-15-28(9-10-29(16)22(30)8-11-31-2)24-19(14-26)13-21(23(27-24)17-6-7-17)18-4-3-5-20(25)12-18/h3-5,12-13,16-17H,6-11,15H2,1-2H3. The fraction of sp³-hybridized carbons (Fsp3) is 0.458. The van der Waals surface area contributed by atoms with Gasteiger partial charge in [-0.05, 0) is 43.5 Å². The molecule has 162 valence electrons. The number of aromatic nitrogens is 1. The van der Waals surface area contributed by atoms with Gasteiger partial charge in [0.05, 0.1) is 24.3 Å². The maximum atomic E-state index is 13.8. The molecule has 7 heteroatoms. The quantitative estimate of drug-likeness (QED) is 0.710. The molecule has 0 radical (unpaired) electrons. The Kier molecular flexibility index (Phi) is 6.19. The number of halogens is 1. The number of methoxy groups -OCH3 is 1. The zero-order chi connectivity index (χ0) is 22.0. The van der Waals surface area contributed by atoms with E-state index in [0.29, 0.717) is 50.0 Å². The molecule has 0 bridgehead atoms. The van der Waals surface area contributed by atoms with E-state index >= 15 is 0 Å². The first-order chi connectivity index (χ1) is 15.0. The van der Waals surface area contributed by atoms with Gasteiger partial charge in [0.15, 0.2) is 0 Å². The molecule has 1 saturated heterocycles. The van der Waals surface area contributed by atoms with Crippen LogP contribution >= 0.6 is 0 Å². The Morgan fingerprint density at radius 1 is 1.32 bits per heavy atom. The first kappa shape index (κ1) is 21.3. The monoisotopic (exact) mass is 422 g/mol. The van der Waals surface area contributed by atoms with Crippen LogP contribution < -0.4 is 4.90 Å². The maximum absolute atomic E-state index is 13.8. The second kappa shape index (κ2) is 9.03. The number of piperazine rings is 1. The molecule has 1 unspecified atom stereocenters. The summed E-state index contributed by atoms with van der Waals surface area (Å²) in [6, 6.07) is 10.6. The summed E-state index contributed by atoms with van der Waals surface area (Å²) in [6.07, 6.45) is 2.48. The fourth-order valence-electron chi connectivity index (χ4n) is 4.25. The van der Waals surface area contributed by atoms with Crippen molar-refractivity contribution in [3.63, 3.8) is 0 Å².